The Hall–Kier alpha value is -0.390. The van der Waals surface area contributed by atoms with Gasteiger partial charge in [-0.2, -0.15) is 4.39 Å². The highest BCUT2D eigenvalue weighted by Crippen LogP contribution is 2.24. The van der Waals surface area contributed by atoms with Crippen molar-refractivity contribution in [1.82, 2.24) is 0 Å². The summed E-state index contributed by atoms with van der Waals surface area (Å²) in [6, 6.07) is 2.91. The van der Waals surface area contributed by atoms with Crippen LogP contribution in [0.1, 0.15) is 13.8 Å². The fourth-order valence-corrected chi connectivity index (χ4v) is 1.27. The predicted octanol–water partition coefficient (Wildman–Crippen LogP) is 3.36. The van der Waals surface area contributed by atoms with Crippen molar-refractivity contribution in [3.8, 4) is 5.75 Å². The lowest BCUT2D eigenvalue weighted by atomic mass is 10.3. The predicted molar refractivity (Wildman–Crippen MR) is 54.8 cm³/mol. The molecule has 0 amide bonds. The molecule has 0 unspecified atom stereocenters. The molecule has 1 aromatic rings. The lowest BCUT2D eigenvalue weighted by Crippen LogP contribution is -2.08. The molecule has 13 heavy (non-hydrogen) atoms. The summed E-state index contributed by atoms with van der Waals surface area (Å²) in [6.07, 6.45) is -0.158. The summed E-state index contributed by atoms with van der Waals surface area (Å²) >= 11 is 1.73. The SMILES string of the molecule is CC(C)Oc1ccc(I)c(F)c1F. The van der Waals surface area contributed by atoms with E-state index in [2.05, 4.69) is 0 Å². The van der Waals surface area contributed by atoms with Gasteiger partial charge in [0.15, 0.2) is 11.6 Å². The lowest BCUT2D eigenvalue weighted by Gasteiger charge is -2.10. The molecular formula is C9H9F2IO. The van der Waals surface area contributed by atoms with Crippen LogP contribution in [0.2, 0.25) is 0 Å². The van der Waals surface area contributed by atoms with Gasteiger partial charge in [-0.3, -0.25) is 0 Å². The van der Waals surface area contributed by atoms with Crippen molar-refractivity contribution in [3.05, 3.63) is 27.3 Å². The van der Waals surface area contributed by atoms with Gasteiger partial charge in [-0.1, -0.05) is 0 Å². The van der Waals surface area contributed by atoms with Crippen LogP contribution in [-0.2, 0) is 0 Å². The van der Waals surface area contributed by atoms with Crippen molar-refractivity contribution in [2.75, 3.05) is 0 Å². The summed E-state index contributed by atoms with van der Waals surface area (Å²) in [5, 5.41) is 0. The van der Waals surface area contributed by atoms with Crippen molar-refractivity contribution in [1.29, 1.82) is 0 Å². The zero-order chi connectivity index (χ0) is 10.0. The third-order valence-electron chi connectivity index (χ3n) is 1.36. The van der Waals surface area contributed by atoms with E-state index in [9.17, 15) is 8.78 Å². The van der Waals surface area contributed by atoms with Gasteiger partial charge in [0.2, 0.25) is 5.82 Å². The van der Waals surface area contributed by atoms with E-state index in [1.807, 2.05) is 0 Å². The third kappa shape index (κ3) is 2.52. The Morgan fingerprint density at radius 2 is 1.85 bits per heavy atom. The first-order valence-electron chi connectivity index (χ1n) is 3.82. The Bertz CT molecular complexity index is 313. The van der Waals surface area contributed by atoms with Gasteiger partial charge in [0.25, 0.3) is 0 Å². The Morgan fingerprint density at radius 1 is 1.23 bits per heavy atom. The van der Waals surface area contributed by atoms with E-state index in [4.69, 9.17) is 4.74 Å². The van der Waals surface area contributed by atoms with Crippen molar-refractivity contribution < 1.29 is 13.5 Å². The summed E-state index contributed by atoms with van der Waals surface area (Å²) in [7, 11) is 0. The van der Waals surface area contributed by atoms with Gasteiger partial charge in [0, 0.05) is 0 Å². The monoisotopic (exact) mass is 298 g/mol. The lowest BCUT2D eigenvalue weighted by molar-refractivity contribution is 0.227. The van der Waals surface area contributed by atoms with E-state index in [0.717, 1.165) is 0 Å². The van der Waals surface area contributed by atoms with Crippen molar-refractivity contribution in [3.63, 3.8) is 0 Å². The number of hydrogen-bond donors (Lipinski definition) is 0. The maximum Gasteiger partial charge on any atom is 0.201 e. The Balaban J connectivity index is 3.04. The van der Waals surface area contributed by atoms with E-state index in [1.165, 1.54) is 12.1 Å². The summed E-state index contributed by atoms with van der Waals surface area (Å²) in [4.78, 5) is 0. The summed E-state index contributed by atoms with van der Waals surface area (Å²) in [5.41, 5.74) is 0. The van der Waals surface area contributed by atoms with E-state index in [1.54, 1.807) is 36.4 Å². The average molecular weight is 298 g/mol. The van der Waals surface area contributed by atoms with Crippen LogP contribution in [0.5, 0.6) is 5.75 Å². The van der Waals surface area contributed by atoms with E-state index >= 15 is 0 Å². The largest absolute Gasteiger partial charge is 0.488 e. The summed E-state index contributed by atoms with van der Waals surface area (Å²) in [6.45, 7) is 3.52. The first kappa shape index (κ1) is 10.7. The molecule has 0 aromatic heterocycles. The second-order valence-corrected chi connectivity index (χ2v) is 4.00. The van der Waals surface area contributed by atoms with Crippen LogP contribution in [0, 0.1) is 15.2 Å². The Kier molecular flexibility index (Phi) is 3.47. The van der Waals surface area contributed by atoms with Gasteiger partial charge in [-0.15, -0.1) is 0 Å². The molecule has 0 radical (unpaired) electrons. The molecule has 1 aromatic carbocycles. The van der Waals surface area contributed by atoms with Crippen molar-refractivity contribution >= 4 is 22.6 Å². The number of ether oxygens (including phenoxy) is 1. The Morgan fingerprint density at radius 3 is 2.38 bits per heavy atom. The zero-order valence-corrected chi connectivity index (χ0v) is 9.43. The normalized spacial score (nSPS) is 10.6. The van der Waals surface area contributed by atoms with Crippen LogP contribution >= 0.6 is 22.6 Å². The topological polar surface area (TPSA) is 9.23 Å². The molecule has 4 heteroatoms. The highest BCUT2D eigenvalue weighted by Gasteiger charge is 2.13. The molecular weight excluding hydrogens is 289 g/mol. The van der Waals surface area contributed by atoms with E-state index < -0.39 is 11.6 Å². The second kappa shape index (κ2) is 4.21. The molecule has 0 aliphatic rings. The molecule has 0 atom stereocenters. The van der Waals surface area contributed by atoms with Gasteiger partial charge < -0.3 is 4.74 Å². The molecule has 0 bridgehead atoms. The first-order valence-corrected chi connectivity index (χ1v) is 4.90. The van der Waals surface area contributed by atoms with Crippen LogP contribution in [0.15, 0.2) is 12.1 Å². The zero-order valence-electron chi connectivity index (χ0n) is 7.27. The number of rotatable bonds is 2. The number of halogens is 3. The summed E-state index contributed by atoms with van der Waals surface area (Å²) in [5.74, 6) is -1.80. The van der Waals surface area contributed by atoms with Crippen LogP contribution in [-0.4, -0.2) is 6.10 Å². The average Bonchev–Trinajstić information content (AvgIpc) is 2.06. The van der Waals surface area contributed by atoms with Gasteiger partial charge in [-0.05, 0) is 48.6 Å². The summed E-state index contributed by atoms with van der Waals surface area (Å²) < 4.78 is 31.4. The van der Waals surface area contributed by atoms with E-state index in [-0.39, 0.29) is 15.4 Å². The second-order valence-electron chi connectivity index (χ2n) is 2.84. The minimum atomic E-state index is -0.916. The molecule has 72 valence electrons. The van der Waals surface area contributed by atoms with Crippen LogP contribution in [0.25, 0.3) is 0 Å². The number of benzene rings is 1. The molecule has 0 saturated heterocycles. The fraction of sp³-hybridized carbons (Fsp3) is 0.333. The third-order valence-corrected chi connectivity index (χ3v) is 2.20. The maximum absolute atomic E-state index is 13.1. The van der Waals surface area contributed by atoms with Gasteiger partial charge >= 0.3 is 0 Å². The smallest absolute Gasteiger partial charge is 0.201 e. The fourth-order valence-electron chi connectivity index (χ4n) is 0.853. The molecule has 0 aliphatic heterocycles. The highest BCUT2D eigenvalue weighted by atomic mass is 127. The number of hydrogen-bond acceptors (Lipinski definition) is 1. The molecule has 0 aliphatic carbocycles. The molecule has 1 rings (SSSR count). The molecule has 1 nitrogen and oxygen atoms in total. The molecule has 0 spiro atoms. The highest BCUT2D eigenvalue weighted by molar-refractivity contribution is 14.1. The van der Waals surface area contributed by atoms with Gasteiger partial charge in [0.05, 0.1) is 9.67 Å². The standard InChI is InChI=1S/C9H9F2IO/c1-5(2)13-7-4-3-6(12)8(10)9(7)11/h3-5H,1-2H3. The maximum atomic E-state index is 13.1. The van der Waals surface area contributed by atoms with Crippen molar-refractivity contribution in [2.45, 2.75) is 20.0 Å². The quantitative estimate of drug-likeness (QED) is 0.601. The Labute approximate surface area is 89.2 Å². The van der Waals surface area contributed by atoms with Crippen LogP contribution in [0.3, 0.4) is 0 Å². The molecule has 0 N–H and O–H groups in total. The minimum absolute atomic E-state index is 0.0343. The molecule has 0 saturated carbocycles. The molecule has 0 fully saturated rings. The minimum Gasteiger partial charge on any atom is -0.488 e. The van der Waals surface area contributed by atoms with Crippen LogP contribution in [0.4, 0.5) is 8.78 Å². The first-order chi connectivity index (χ1) is 6.02. The van der Waals surface area contributed by atoms with Gasteiger partial charge in [-0.25, -0.2) is 4.39 Å². The van der Waals surface area contributed by atoms with Gasteiger partial charge in [0.1, 0.15) is 0 Å². The van der Waals surface area contributed by atoms with Crippen LogP contribution < -0.4 is 4.74 Å². The van der Waals surface area contributed by atoms with Crippen molar-refractivity contribution in [2.24, 2.45) is 0 Å². The molecule has 0 heterocycles. The van der Waals surface area contributed by atoms with E-state index in [0.29, 0.717) is 0 Å².